The van der Waals surface area contributed by atoms with Crippen LogP contribution in [-0.4, -0.2) is 34.2 Å². The van der Waals surface area contributed by atoms with Gasteiger partial charge in [-0.2, -0.15) is 0 Å². The molecule has 0 fully saturated rings. The van der Waals surface area contributed by atoms with E-state index in [0.29, 0.717) is 5.69 Å². The first kappa shape index (κ1) is 19.2. The number of nitrogens with one attached hydrogen (secondary N) is 1. The lowest BCUT2D eigenvalue weighted by Crippen LogP contribution is -2.30. The Morgan fingerprint density at radius 2 is 1.76 bits per heavy atom. The number of benzene rings is 2. The Morgan fingerprint density at radius 3 is 2.44 bits per heavy atom. The van der Waals surface area contributed by atoms with E-state index in [2.05, 4.69) is 10.1 Å². The fourth-order valence-electron chi connectivity index (χ4n) is 1.99. The molecule has 0 aromatic heterocycles. The molecule has 5 nitrogen and oxygen atoms in total. The van der Waals surface area contributed by atoms with Gasteiger partial charge in [-0.3, -0.25) is 13.8 Å². The second-order valence-corrected chi connectivity index (χ2v) is 8.02. The number of para-hydroxylation sites is 1. The van der Waals surface area contributed by atoms with Crippen LogP contribution >= 0.6 is 11.8 Å². The summed E-state index contributed by atoms with van der Waals surface area (Å²) in [5.74, 6) is -1.26. The van der Waals surface area contributed by atoms with Gasteiger partial charge < -0.3 is 10.1 Å². The predicted octanol–water partition coefficient (Wildman–Crippen LogP) is 3.09. The van der Waals surface area contributed by atoms with Gasteiger partial charge in [0.05, 0.1) is 12.8 Å². The summed E-state index contributed by atoms with van der Waals surface area (Å²) >= 11 is 1.53. The minimum Gasteiger partial charge on any atom is -0.468 e. The second kappa shape index (κ2) is 9.39. The number of anilines is 1. The molecular weight excluding hydrogens is 358 g/mol. The lowest BCUT2D eigenvalue weighted by molar-refractivity contribution is -0.139. The SMILES string of the molecule is COC(=O)C(C)S(=O)CC(=O)Nc1ccccc1Sc1ccccc1. The Balaban J connectivity index is 2.04. The van der Waals surface area contributed by atoms with Gasteiger partial charge in [-0.1, -0.05) is 42.1 Å². The number of amides is 1. The van der Waals surface area contributed by atoms with Gasteiger partial charge in [-0.15, -0.1) is 0 Å². The molecule has 0 saturated carbocycles. The highest BCUT2D eigenvalue weighted by atomic mass is 32.2. The zero-order chi connectivity index (χ0) is 18.2. The average Bonchev–Trinajstić information content (AvgIpc) is 2.62. The molecule has 0 spiro atoms. The molecule has 1 amide bonds. The summed E-state index contributed by atoms with van der Waals surface area (Å²) in [5.41, 5.74) is 0.643. The van der Waals surface area contributed by atoms with Crippen LogP contribution < -0.4 is 5.32 Å². The van der Waals surface area contributed by atoms with Crippen molar-refractivity contribution in [1.82, 2.24) is 0 Å². The normalized spacial score (nSPS) is 12.9. The standard InChI is InChI=1S/C18H19NO4S2/c1-13(18(21)23-2)25(22)12-17(20)19-15-10-6-7-11-16(15)24-14-8-4-3-5-9-14/h3-11,13H,12H2,1-2H3,(H,19,20). The van der Waals surface area contributed by atoms with E-state index in [1.807, 2.05) is 48.5 Å². The van der Waals surface area contributed by atoms with Gasteiger partial charge in [-0.25, -0.2) is 0 Å². The Morgan fingerprint density at radius 1 is 1.12 bits per heavy atom. The number of rotatable bonds is 7. The average molecular weight is 377 g/mol. The fourth-order valence-corrected chi connectivity index (χ4v) is 3.80. The maximum Gasteiger partial charge on any atom is 0.321 e. The Hall–Kier alpha value is -2.12. The molecule has 2 rings (SSSR count). The van der Waals surface area contributed by atoms with Gasteiger partial charge in [0.2, 0.25) is 5.91 Å². The van der Waals surface area contributed by atoms with Crippen LogP contribution in [0.5, 0.6) is 0 Å². The number of esters is 1. The van der Waals surface area contributed by atoms with E-state index < -0.39 is 27.9 Å². The van der Waals surface area contributed by atoms with Crippen LogP contribution in [0.3, 0.4) is 0 Å². The third-order valence-electron chi connectivity index (χ3n) is 3.33. The zero-order valence-corrected chi connectivity index (χ0v) is 15.6. The first-order chi connectivity index (χ1) is 12.0. The van der Waals surface area contributed by atoms with Crippen molar-refractivity contribution >= 4 is 40.1 Å². The van der Waals surface area contributed by atoms with Crippen LogP contribution in [0.15, 0.2) is 64.4 Å². The first-order valence-electron chi connectivity index (χ1n) is 7.58. The van der Waals surface area contributed by atoms with Crippen molar-refractivity contribution in [1.29, 1.82) is 0 Å². The Bertz CT molecular complexity index is 765. The van der Waals surface area contributed by atoms with Crippen molar-refractivity contribution in [3.63, 3.8) is 0 Å². The summed E-state index contributed by atoms with van der Waals surface area (Å²) in [6.07, 6.45) is 0. The number of ether oxygens (including phenoxy) is 1. The summed E-state index contributed by atoms with van der Waals surface area (Å²) < 4.78 is 16.6. The highest BCUT2D eigenvalue weighted by molar-refractivity contribution is 7.99. The van der Waals surface area contributed by atoms with Gasteiger partial charge in [0.25, 0.3) is 0 Å². The van der Waals surface area contributed by atoms with Crippen LogP contribution in [0.2, 0.25) is 0 Å². The number of carbonyl (C=O) groups is 2. The number of methoxy groups -OCH3 is 1. The van der Waals surface area contributed by atoms with E-state index in [9.17, 15) is 13.8 Å². The largest absolute Gasteiger partial charge is 0.468 e. The number of carbonyl (C=O) groups excluding carboxylic acids is 2. The van der Waals surface area contributed by atoms with Gasteiger partial charge >= 0.3 is 5.97 Å². The minimum atomic E-state index is -1.64. The molecule has 0 aliphatic carbocycles. The predicted molar refractivity (Wildman–Crippen MR) is 100 cm³/mol. The molecular formula is C18H19NO4S2. The highest BCUT2D eigenvalue weighted by Gasteiger charge is 2.23. The molecule has 0 heterocycles. The molecule has 2 aromatic carbocycles. The quantitative estimate of drug-likeness (QED) is 0.751. The van der Waals surface area contributed by atoms with Crippen molar-refractivity contribution < 1.29 is 18.5 Å². The van der Waals surface area contributed by atoms with Crippen LogP contribution in [-0.2, 0) is 25.1 Å². The summed E-state index contributed by atoms with van der Waals surface area (Å²) in [6.45, 7) is 1.48. The molecule has 0 radical (unpaired) electrons. The van der Waals surface area contributed by atoms with Crippen LogP contribution in [0.1, 0.15) is 6.92 Å². The van der Waals surface area contributed by atoms with Crippen molar-refractivity contribution in [3.8, 4) is 0 Å². The highest BCUT2D eigenvalue weighted by Crippen LogP contribution is 2.33. The lowest BCUT2D eigenvalue weighted by Gasteiger charge is -2.12. The minimum absolute atomic E-state index is 0.263. The monoisotopic (exact) mass is 377 g/mol. The topological polar surface area (TPSA) is 72.5 Å². The zero-order valence-electron chi connectivity index (χ0n) is 13.9. The van der Waals surface area contributed by atoms with E-state index in [4.69, 9.17) is 0 Å². The maximum absolute atomic E-state index is 12.2. The molecule has 2 atom stereocenters. The van der Waals surface area contributed by atoms with Crippen LogP contribution in [0.25, 0.3) is 0 Å². The third-order valence-corrected chi connectivity index (χ3v) is 5.94. The molecule has 0 aliphatic rings. The molecule has 2 unspecified atom stereocenters. The summed E-state index contributed by atoms with van der Waals surface area (Å²) in [5, 5.41) is 1.93. The summed E-state index contributed by atoms with van der Waals surface area (Å²) in [4.78, 5) is 25.5. The smallest absolute Gasteiger partial charge is 0.321 e. The maximum atomic E-state index is 12.2. The van der Waals surface area contributed by atoms with Gasteiger partial charge in [0.1, 0.15) is 11.0 Å². The Kier molecular flexibility index (Phi) is 7.21. The van der Waals surface area contributed by atoms with E-state index in [0.717, 1.165) is 9.79 Å². The van der Waals surface area contributed by atoms with Crippen LogP contribution in [0, 0.1) is 0 Å². The number of hydrogen-bond donors (Lipinski definition) is 1. The molecule has 0 bridgehead atoms. The van der Waals surface area contributed by atoms with E-state index in [1.54, 1.807) is 6.07 Å². The molecule has 132 valence electrons. The van der Waals surface area contributed by atoms with E-state index >= 15 is 0 Å². The van der Waals surface area contributed by atoms with Gasteiger partial charge in [0, 0.05) is 20.6 Å². The van der Waals surface area contributed by atoms with E-state index in [-0.39, 0.29) is 5.75 Å². The summed E-state index contributed by atoms with van der Waals surface area (Å²) in [7, 11) is -0.407. The van der Waals surface area contributed by atoms with Crippen molar-refractivity contribution in [2.75, 3.05) is 18.2 Å². The molecule has 25 heavy (non-hydrogen) atoms. The van der Waals surface area contributed by atoms with Crippen molar-refractivity contribution in [3.05, 3.63) is 54.6 Å². The van der Waals surface area contributed by atoms with Crippen LogP contribution in [0.4, 0.5) is 5.69 Å². The molecule has 1 N–H and O–H groups in total. The lowest BCUT2D eigenvalue weighted by atomic mass is 10.3. The summed E-state index contributed by atoms with van der Waals surface area (Å²) in [6, 6.07) is 17.2. The second-order valence-electron chi connectivity index (χ2n) is 5.15. The van der Waals surface area contributed by atoms with E-state index in [1.165, 1.54) is 25.8 Å². The molecule has 7 heteroatoms. The van der Waals surface area contributed by atoms with Gasteiger partial charge in [0.15, 0.2) is 0 Å². The van der Waals surface area contributed by atoms with Crippen molar-refractivity contribution in [2.45, 2.75) is 22.0 Å². The first-order valence-corrected chi connectivity index (χ1v) is 9.78. The fraction of sp³-hybridized carbons (Fsp3) is 0.222. The van der Waals surface area contributed by atoms with Gasteiger partial charge in [-0.05, 0) is 31.2 Å². The number of hydrogen-bond acceptors (Lipinski definition) is 5. The Labute approximate surface area is 153 Å². The molecule has 0 aliphatic heterocycles. The molecule has 0 saturated heterocycles. The van der Waals surface area contributed by atoms with Crippen molar-refractivity contribution in [2.24, 2.45) is 0 Å². The molecule has 2 aromatic rings. The third kappa shape index (κ3) is 5.72.